The Bertz CT molecular complexity index is 1350. The van der Waals surface area contributed by atoms with Crippen molar-refractivity contribution in [2.45, 2.75) is 58.8 Å². The number of hydrogen-bond donors (Lipinski definition) is 1. The number of benzene rings is 4. The Morgan fingerprint density at radius 1 is 0.639 bits per heavy atom. The second-order valence-electron chi connectivity index (χ2n) is 11.6. The number of phenols is 1. The van der Waals surface area contributed by atoms with Gasteiger partial charge in [-0.1, -0.05) is 139 Å². The molecule has 0 unspecified atom stereocenters. The molecule has 0 fully saturated rings. The van der Waals surface area contributed by atoms with Crippen molar-refractivity contribution in [1.29, 1.82) is 0 Å². The Morgan fingerprint density at radius 2 is 1.14 bits per heavy atom. The summed E-state index contributed by atoms with van der Waals surface area (Å²) in [6.45, 7) is 13.0. The number of aromatic hydroxyl groups is 1. The third kappa shape index (κ3) is 5.06. The van der Waals surface area contributed by atoms with Crippen molar-refractivity contribution in [3.05, 3.63) is 119 Å². The van der Waals surface area contributed by atoms with Crippen LogP contribution in [0, 0.1) is 0 Å². The van der Waals surface area contributed by atoms with Crippen LogP contribution in [0.4, 0.5) is 0 Å². The molecule has 0 saturated heterocycles. The van der Waals surface area contributed by atoms with E-state index < -0.39 is 7.14 Å². The maximum absolute atomic E-state index is 15.1. The SMILES string of the molecule is CC(C)(C)c1cc(Cc2ccccc2P(=O)(c2ccccc2)c2ccccc2)c(O)c(C(C)(C)C)c1. The Kier molecular flexibility index (Phi) is 7.04. The molecule has 0 aliphatic carbocycles. The molecule has 0 atom stereocenters. The highest BCUT2D eigenvalue weighted by Gasteiger charge is 2.32. The molecule has 0 spiro atoms. The second-order valence-corrected chi connectivity index (χ2v) is 14.4. The van der Waals surface area contributed by atoms with Gasteiger partial charge in [0, 0.05) is 22.3 Å². The number of hydrogen-bond acceptors (Lipinski definition) is 2. The maximum Gasteiger partial charge on any atom is 0.171 e. The predicted octanol–water partition coefficient (Wildman–Crippen LogP) is 7.22. The summed E-state index contributed by atoms with van der Waals surface area (Å²) >= 11 is 0. The minimum Gasteiger partial charge on any atom is -0.507 e. The summed E-state index contributed by atoms with van der Waals surface area (Å²) in [5.41, 5.74) is 3.69. The molecule has 0 aromatic heterocycles. The molecule has 3 heteroatoms. The maximum atomic E-state index is 15.1. The van der Waals surface area contributed by atoms with E-state index in [0.29, 0.717) is 12.2 Å². The van der Waals surface area contributed by atoms with E-state index in [1.54, 1.807) is 0 Å². The quantitative estimate of drug-likeness (QED) is 0.296. The lowest BCUT2D eigenvalue weighted by Crippen LogP contribution is -2.27. The average molecular weight is 497 g/mol. The molecule has 4 aromatic carbocycles. The van der Waals surface area contributed by atoms with Crippen molar-refractivity contribution < 1.29 is 9.67 Å². The Hall–Kier alpha value is -3.09. The number of rotatable bonds is 5. The van der Waals surface area contributed by atoms with Crippen LogP contribution in [0.5, 0.6) is 5.75 Å². The van der Waals surface area contributed by atoms with Gasteiger partial charge in [0.2, 0.25) is 0 Å². The van der Waals surface area contributed by atoms with E-state index in [4.69, 9.17) is 0 Å². The van der Waals surface area contributed by atoms with Crippen LogP contribution in [0.1, 0.15) is 63.8 Å². The zero-order chi connectivity index (χ0) is 26.1. The van der Waals surface area contributed by atoms with Crippen LogP contribution in [0.15, 0.2) is 97.1 Å². The molecule has 1 N–H and O–H groups in total. The Morgan fingerprint density at radius 3 is 1.64 bits per heavy atom. The highest BCUT2D eigenvalue weighted by molar-refractivity contribution is 7.85. The lowest BCUT2D eigenvalue weighted by atomic mass is 9.78. The zero-order valence-corrected chi connectivity index (χ0v) is 23.1. The standard InChI is InChI=1S/C33H37O2P/c1-32(2,3)26-22-25(31(34)29(23-26)33(4,5)6)21-24-15-13-14-20-30(24)36(35,27-16-9-7-10-17-27)28-18-11-8-12-19-28/h7-20,22-23,34H,21H2,1-6H3. The second kappa shape index (κ2) is 9.75. The van der Waals surface area contributed by atoms with Crippen LogP contribution < -0.4 is 15.9 Å². The number of phenolic OH excluding ortho intramolecular Hbond substituents is 1. The van der Waals surface area contributed by atoms with Gasteiger partial charge in [0.25, 0.3) is 0 Å². The molecule has 186 valence electrons. The van der Waals surface area contributed by atoms with Crippen LogP contribution in [0.3, 0.4) is 0 Å². The van der Waals surface area contributed by atoms with E-state index in [1.807, 2.05) is 84.9 Å². The molecule has 0 saturated carbocycles. The van der Waals surface area contributed by atoms with Crippen molar-refractivity contribution >= 4 is 23.1 Å². The Labute approximate surface area is 216 Å². The fourth-order valence-electron chi connectivity index (χ4n) is 4.71. The smallest absolute Gasteiger partial charge is 0.171 e. The van der Waals surface area contributed by atoms with Crippen molar-refractivity contribution in [3.63, 3.8) is 0 Å². The van der Waals surface area contributed by atoms with Crippen LogP contribution in [0.2, 0.25) is 0 Å². The molecule has 36 heavy (non-hydrogen) atoms. The van der Waals surface area contributed by atoms with Gasteiger partial charge in [-0.25, -0.2) is 0 Å². The monoisotopic (exact) mass is 496 g/mol. The Balaban J connectivity index is 1.94. The van der Waals surface area contributed by atoms with Crippen molar-refractivity contribution in [3.8, 4) is 5.75 Å². The molecule has 0 aliphatic heterocycles. The van der Waals surface area contributed by atoms with Gasteiger partial charge in [-0.3, -0.25) is 0 Å². The molecule has 0 heterocycles. The lowest BCUT2D eigenvalue weighted by molar-refractivity contribution is 0.439. The van der Waals surface area contributed by atoms with Gasteiger partial charge >= 0.3 is 0 Å². The molecular weight excluding hydrogens is 459 g/mol. The van der Waals surface area contributed by atoms with E-state index in [0.717, 1.165) is 32.6 Å². The van der Waals surface area contributed by atoms with E-state index in [1.165, 1.54) is 5.56 Å². The normalized spacial score (nSPS) is 12.5. The van der Waals surface area contributed by atoms with E-state index in [-0.39, 0.29) is 10.8 Å². The first kappa shape index (κ1) is 26.0. The first-order valence-corrected chi connectivity index (χ1v) is 14.3. The molecule has 2 nitrogen and oxygen atoms in total. The fourth-order valence-corrected chi connectivity index (χ4v) is 7.60. The van der Waals surface area contributed by atoms with Gasteiger partial charge in [0.1, 0.15) is 5.75 Å². The summed E-state index contributed by atoms with van der Waals surface area (Å²) in [6.07, 6.45) is 0.499. The molecule has 0 bridgehead atoms. The summed E-state index contributed by atoms with van der Waals surface area (Å²) in [7, 11) is -3.14. The summed E-state index contributed by atoms with van der Waals surface area (Å²) in [5, 5.41) is 13.9. The zero-order valence-electron chi connectivity index (χ0n) is 22.2. The highest BCUT2D eigenvalue weighted by Crippen LogP contribution is 2.44. The van der Waals surface area contributed by atoms with Gasteiger partial charge < -0.3 is 9.67 Å². The predicted molar refractivity (Wildman–Crippen MR) is 154 cm³/mol. The molecule has 0 radical (unpaired) electrons. The largest absolute Gasteiger partial charge is 0.507 e. The summed E-state index contributed by atoms with van der Waals surface area (Å²) < 4.78 is 15.1. The van der Waals surface area contributed by atoms with Gasteiger partial charge in [-0.05, 0) is 33.1 Å². The first-order chi connectivity index (χ1) is 16.9. The lowest BCUT2D eigenvalue weighted by Gasteiger charge is -2.28. The average Bonchev–Trinajstić information content (AvgIpc) is 2.85. The topological polar surface area (TPSA) is 37.3 Å². The molecule has 0 aliphatic rings. The summed E-state index contributed by atoms with van der Waals surface area (Å²) in [5.74, 6) is 0.333. The summed E-state index contributed by atoms with van der Waals surface area (Å²) in [4.78, 5) is 0. The van der Waals surface area contributed by atoms with E-state index in [9.17, 15) is 5.11 Å². The minimum absolute atomic E-state index is 0.0641. The summed E-state index contributed by atoms with van der Waals surface area (Å²) in [6, 6.07) is 31.8. The third-order valence-electron chi connectivity index (χ3n) is 6.81. The first-order valence-electron chi connectivity index (χ1n) is 12.6. The fraction of sp³-hybridized carbons (Fsp3) is 0.273. The molecule has 0 amide bonds. The molecule has 4 aromatic rings. The molecule has 4 rings (SSSR count). The molecular formula is C33H37O2P. The van der Waals surface area contributed by atoms with E-state index >= 15 is 4.57 Å². The van der Waals surface area contributed by atoms with Gasteiger partial charge in [-0.15, -0.1) is 0 Å². The van der Waals surface area contributed by atoms with Crippen molar-refractivity contribution in [1.82, 2.24) is 0 Å². The van der Waals surface area contributed by atoms with Gasteiger partial charge in [0.05, 0.1) is 0 Å². The van der Waals surface area contributed by atoms with Gasteiger partial charge in [0.15, 0.2) is 7.14 Å². The minimum atomic E-state index is -3.14. The highest BCUT2D eigenvalue weighted by atomic mass is 31.2. The van der Waals surface area contributed by atoms with Crippen molar-refractivity contribution in [2.75, 3.05) is 0 Å². The van der Waals surface area contributed by atoms with Crippen LogP contribution >= 0.6 is 7.14 Å². The third-order valence-corrected chi connectivity index (χ3v) is 9.98. The van der Waals surface area contributed by atoms with Crippen LogP contribution in [-0.4, -0.2) is 5.11 Å². The van der Waals surface area contributed by atoms with Gasteiger partial charge in [-0.2, -0.15) is 0 Å². The van der Waals surface area contributed by atoms with Crippen LogP contribution in [-0.2, 0) is 21.8 Å². The van der Waals surface area contributed by atoms with E-state index in [2.05, 4.69) is 53.7 Å². The van der Waals surface area contributed by atoms with Crippen LogP contribution in [0.25, 0.3) is 0 Å². The van der Waals surface area contributed by atoms with Crippen molar-refractivity contribution in [2.24, 2.45) is 0 Å².